The predicted molar refractivity (Wildman–Crippen MR) is 303 cm³/mol. The molecule has 1 aliphatic rings. The largest absolute Gasteiger partial charge is 0.340 e. The van der Waals surface area contributed by atoms with E-state index in [9.17, 15) is 0 Å². The zero-order chi connectivity index (χ0) is 49.6. The maximum atomic E-state index is 5.64. The molecule has 8 aromatic carbocycles. The molecule has 3 heterocycles. The fourth-order valence-corrected chi connectivity index (χ4v) is 11.2. The number of aromatic nitrogens is 4. The van der Waals surface area contributed by atoms with Gasteiger partial charge in [0, 0.05) is 61.1 Å². The van der Waals surface area contributed by atoms with Crippen molar-refractivity contribution in [3.63, 3.8) is 0 Å². The summed E-state index contributed by atoms with van der Waals surface area (Å²) < 4.78 is 4.76. The van der Waals surface area contributed by atoms with Crippen LogP contribution in [0.5, 0.6) is 0 Å². The maximum absolute atomic E-state index is 5.64. The van der Waals surface area contributed by atoms with Gasteiger partial charge in [-0.3, -0.25) is 9.13 Å². The van der Waals surface area contributed by atoms with Crippen LogP contribution in [0.1, 0.15) is 72.4 Å². The zero-order valence-corrected chi connectivity index (χ0v) is 43.2. The van der Waals surface area contributed by atoms with Crippen molar-refractivity contribution in [1.82, 2.24) is 19.1 Å². The Morgan fingerprint density at radius 2 is 0.764 bits per heavy atom. The van der Waals surface area contributed by atoms with Gasteiger partial charge in [0.25, 0.3) is 0 Å². The zero-order valence-electron chi connectivity index (χ0n) is 42.4. The van der Waals surface area contributed by atoms with E-state index in [4.69, 9.17) is 9.97 Å². The highest BCUT2D eigenvalue weighted by Gasteiger charge is 2.30. The molecule has 0 amide bonds. The summed E-state index contributed by atoms with van der Waals surface area (Å²) >= 11 is 1.84. The summed E-state index contributed by atoms with van der Waals surface area (Å²) in [6, 6.07) is 74.8. The molecule has 0 fully saturated rings. The summed E-state index contributed by atoms with van der Waals surface area (Å²) in [5.41, 5.74) is 17.8. The number of benzene rings is 8. The smallest absolute Gasteiger partial charge is 0.145 e. The first kappa shape index (κ1) is 46.7. The third kappa shape index (κ3) is 8.90. The highest BCUT2D eigenvalue weighted by Crippen LogP contribution is 2.52. The second kappa shape index (κ2) is 19.2. The van der Waals surface area contributed by atoms with Gasteiger partial charge in [0.1, 0.15) is 11.6 Å². The van der Waals surface area contributed by atoms with Gasteiger partial charge in [-0.1, -0.05) is 212 Å². The molecular weight excluding hydrogens is 895 g/mol. The van der Waals surface area contributed by atoms with Crippen molar-refractivity contribution in [2.75, 3.05) is 11.4 Å². The summed E-state index contributed by atoms with van der Waals surface area (Å²) in [7, 11) is 0. The minimum absolute atomic E-state index is 0.0223. The van der Waals surface area contributed by atoms with Gasteiger partial charge >= 0.3 is 0 Å². The molecule has 0 atom stereocenters. The van der Waals surface area contributed by atoms with Crippen LogP contribution in [0.4, 0.5) is 11.4 Å². The molecule has 0 N–H and O–H groups in total. The van der Waals surface area contributed by atoms with Crippen molar-refractivity contribution in [2.24, 2.45) is 0 Å². The van der Waals surface area contributed by atoms with Crippen LogP contribution in [0.15, 0.2) is 216 Å². The molecule has 0 radical (unpaired) electrons. The van der Waals surface area contributed by atoms with E-state index in [1.54, 1.807) is 0 Å². The fraction of sp³-hybridized carbons (Fsp3) is 0.182. The summed E-state index contributed by atoms with van der Waals surface area (Å²) in [5.74, 6) is 1.81. The second-order valence-corrected chi connectivity index (χ2v) is 22.0. The van der Waals surface area contributed by atoms with Crippen LogP contribution >= 0.6 is 11.8 Å². The van der Waals surface area contributed by atoms with Crippen LogP contribution in [0.2, 0.25) is 0 Å². The molecule has 5 nitrogen and oxygen atoms in total. The summed E-state index contributed by atoms with van der Waals surface area (Å²) in [5, 5.41) is 0. The third-order valence-corrected chi connectivity index (χ3v) is 15.0. The van der Waals surface area contributed by atoms with Gasteiger partial charge in [0.15, 0.2) is 0 Å². The van der Waals surface area contributed by atoms with Crippen LogP contribution in [-0.2, 0) is 10.8 Å². The van der Waals surface area contributed by atoms with Crippen LogP contribution in [0.25, 0.3) is 79.2 Å². The van der Waals surface area contributed by atoms with E-state index in [-0.39, 0.29) is 10.8 Å². The monoisotopic (exact) mass is 955 g/mol. The molecule has 0 saturated heterocycles. The van der Waals surface area contributed by atoms with Gasteiger partial charge in [-0.2, -0.15) is 0 Å². The number of rotatable bonds is 11. The number of anilines is 2. The first-order chi connectivity index (χ1) is 34.9. The lowest BCUT2D eigenvalue weighted by Crippen LogP contribution is -2.22. The maximum Gasteiger partial charge on any atom is 0.145 e. The molecule has 0 unspecified atom stereocenters. The summed E-state index contributed by atoms with van der Waals surface area (Å²) in [6.07, 6.45) is 2.16. The number of nitrogens with zero attached hydrogens (tertiary/aromatic N) is 5. The summed E-state index contributed by atoms with van der Waals surface area (Å²) in [4.78, 5) is 16.2. The molecule has 1 aliphatic heterocycles. The Balaban J connectivity index is 1.09. The highest BCUT2D eigenvalue weighted by molar-refractivity contribution is 7.99. The Kier molecular flexibility index (Phi) is 12.4. The third-order valence-electron chi connectivity index (χ3n) is 13.9. The predicted octanol–water partition coefficient (Wildman–Crippen LogP) is 18.1. The molecule has 0 spiro atoms. The Bertz CT molecular complexity index is 3270. The molecule has 10 aromatic rings. The Morgan fingerprint density at radius 3 is 1.11 bits per heavy atom. The fourth-order valence-electron chi connectivity index (χ4n) is 9.99. The van der Waals surface area contributed by atoms with E-state index >= 15 is 0 Å². The first-order valence-corrected chi connectivity index (χ1v) is 26.2. The van der Waals surface area contributed by atoms with Crippen molar-refractivity contribution >= 4 is 23.1 Å². The second-order valence-electron chi connectivity index (χ2n) is 21.0. The Labute approximate surface area is 429 Å². The van der Waals surface area contributed by atoms with E-state index in [2.05, 4.69) is 269 Å². The van der Waals surface area contributed by atoms with Gasteiger partial charge in [0.05, 0.1) is 34.2 Å². The lowest BCUT2D eigenvalue weighted by Gasteiger charge is -2.33. The number of imidazole rings is 2. The summed E-state index contributed by atoms with van der Waals surface area (Å²) in [6.45, 7) is 16.8. The molecule has 72 heavy (non-hydrogen) atoms. The molecular formula is C66H61N5S. The molecule has 0 bridgehead atoms. The average Bonchev–Trinajstić information content (AvgIpc) is 4.01. The number of unbranched alkanes of at least 4 members (excludes halogenated alkanes) is 1. The van der Waals surface area contributed by atoms with Crippen molar-refractivity contribution < 1.29 is 0 Å². The van der Waals surface area contributed by atoms with Crippen LogP contribution in [0.3, 0.4) is 0 Å². The SMILES string of the molecule is CCCCN1c2ccc(-c3nc(-c4ccccc4)c(-c4ccccc4)n3-c3ccc(C(C)(C)C)cc3)cc2Sc2cc(-c3nc(-c4ccccc4)c(-c4ccccc4)n3-c3ccc(C(C)(C)C)cc3)ccc21. The van der Waals surface area contributed by atoms with E-state index in [0.29, 0.717) is 0 Å². The van der Waals surface area contributed by atoms with Crippen LogP contribution in [0, 0.1) is 0 Å². The Morgan fingerprint density at radius 1 is 0.403 bits per heavy atom. The van der Waals surface area contributed by atoms with E-state index in [0.717, 1.165) is 98.6 Å². The molecule has 11 rings (SSSR count). The highest BCUT2D eigenvalue weighted by atomic mass is 32.2. The lowest BCUT2D eigenvalue weighted by atomic mass is 9.87. The minimum atomic E-state index is 0.0223. The Hall–Kier alpha value is -7.67. The van der Waals surface area contributed by atoms with Crippen LogP contribution < -0.4 is 4.90 Å². The first-order valence-electron chi connectivity index (χ1n) is 25.4. The van der Waals surface area contributed by atoms with Crippen molar-refractivity contribution in [3.05, 3.63) is 217 Å². The van der Waals surface area contributed by atoms with Gasteiger partial charge in [-0.25, -0.2) is 9.97 Å². The normalized spacial score (nSPS) is 12.5. The van der Waals surface area contributed by atoms with Crippen molar-refractivity contribution in [2.45, 2.75) is 81.9 Å². The number of fused-ring (bicyclic) bond motifs is 2. The quantitative estimate of drug-likeness (QED) is 0.129. The van der Waals surface area contributed by atoms with E-state index in [1.807, 2.05) is 11.8 Å². The van der Waals surface area contributed by atoms with E-state index in [1.165, 1.54) is 32.3 Å². The van der Waals surface area contributed by atoms with Crippen LogP contribution in [-0.4, -0.2) is 25.6 Å². The number of hydrogen-bond donors (Lipinski definition) is 0. The van der Waals surface area contributed by atoms with Gasteiger partial charge < -0.3 is 4.90 Å². The molecule has 356 valence electrons. The average molecular weight is 956 g/mol. The van der Waals surface area contributed by atoms with Crippen molar-refractivity contribution in [3.8, 4) is 79.2 Å². The standard InChI is InChI=1S/C66H61N5S/c1-8-9-42-69-55-40-30-49(63-67-59(45-22-14-10-15-23-45)61(47-26-18-12-19-27-47)70(63)53-36-32-51(33-37-53)65(2,3)4)43-57(55)72-58-44-50(31-41-56(58)69)64-68-60(46-24-16-11-17-25-46)62(48-28-20-13-21-29-48)71(64)54-38-34-52(35-39-54)66(5,6)7/h10-41,43-44H,8-9,42H2,1-7H3. The van der Waals surface area contributed by atoms with E-state index < -0.39 is 0 Å². The topological polar surface area (TPSA) is 38.9 Å². The van der Waals surface area contributed by atoms with Crippen molar-refractivity contribution in [1.29, 1.82) is 0 Å². The number of hydrogen-bond acceptors (Lipinski definition) is 4. The molecule has 6 heteroatoms. The molecule has 0 saturated carbocycles. The van der Waals surface area contributed by atoms with Gasteiger partial charge in [-0.15, -0.1) is 0 Å². The van der Waals surface area contributed by atoms with Gasteiger partial charge in [-0.05, 0) is 89.0 Å². The minimum Gasteiger partial charge on any atom is -0.340 e. The lowest BCUT2D eigenvalue weighted by molar-refractivity contribution is 0.590. The molecule has 2 aromatic heterocycles. The molecule has 0 aliphatic carbocycles. The van der Waals surface area contributed by atoms with Gasteiger partial charge in [0.2, 0.25) is 0 Å².